The van der Waals surface area contributed by atoms with Gasteiger partial charge in [0.1, 0.15) is 40.9 Å². The van der Waals surface area contributed by atoms with Crippen molar-refractivity contribution in [2.45, 2.75) is 26.2 Å². The van der Waals surface area contributed by atoms with Crippen LogP contribution < -0.4 is 9.47 Å². The molecule has 2 nitrogen and oxygen atoms in total. The summed E-state index contributed by atoms with van der Waals surface area (Å²) in [6, 6.07) is 20.2. The summed E-state index contributed by atoms with van der Waals surface area (Å²) in [5.74, 6) is 1.89. The molecule has 0 spiro atoms. The van der Waals surface area contributed by atoms with Gasteiger partial charge in [-0.25, -0.2) is 0 Å². The first kappa shape index (κ1) is 18.7. The van der Waals surface area contributed by atoms with E-state index in [2.05, 4.69) is 37.6 Å². The lowest BCUT2D eigenvalue weighted by atomic mass is 10.3. The minimum Gasteiger partial charge on any atom is -0.490 e. The molecule has 0 N–H and O–H groups in total. The van der Waals surface area contributed by atoms with E-state index in [1.165, 1.54) is 10.4 Å². The molecule has 0 amide bonds. The zero-order valence-electron chi connectivity index (χ0n) is 16.2. The van der Waals surface area contributed by atoms with Crippen LogP contribution in [0.1, 0.15) is 0 Å². The minimum absolute atomic E-state index is 0.697. The van der Waals surface area contributed by atoms with Gasteiger partial charge in [0.15, 0.2) is 0 Å². The molecule has 0 bridgehead atoms. The number of rotatable bonds is 6. The van der Waals surface area contributed by atoms with Crippen molar-refractivity contribution in [2.75, 3.05) is 13.2 Å². The van der Waals surface area contributed by atoms with Crippen LogP contribution in [0.3, 0.4) is 0 Å². The monoisotopic (exact) mass is 380 g/mol. The second-order valence-corrected chi connectivity index (χ2v) is 16.7. The van der Waals surface area contributed by atoms with Crippen molar-refractivity contribution in [1.82, 2.24) is 0 Å². The van der Waals surface area contributed by atoms with Crippen molar-refractivity contribution in [3.63, 3.8) is 0 Å². The van der Waals surface area contributed by atoms with Gasteiger partial charge < -0.3 is 9.47 Å². The number of ether oxygens (including phenoxy) is 2. The van der Waals surface area contributed by atoms with Crippen LogP contribution in [0, 0.1) is 0 Å². The maximum atomic E-state index is 6.07. The molecule has 2 aromatic carbocycles. The van der Waals surface area contributed by atoms with Gasteiger partial charge in [-0.2, -0.15) is 0 Å². The van der Waals surface area contributed by atoms with Crippen molar-refractivity contribution in [3.8, 4) is 11.5 Å². The minimum atomic E-state index is -1.64. The molecular formula is C22H28O2Si2. The van der Waals surface area contributed by atoms with Crippen LogP contribution in [0.15, 0.2) is 82.5 Å². The molecule has 1 heterocycles. The van der Waals surface area contributed by atoms with E-state index < -0.39 is 16.1 Å². The predicted molar refractivity (Wildman–Crippen MR) is 115 cm³/mol. The lowest BCUT2D eigenvalue weighted by Crippen LogP contribution is -2.43. The molecule has 0 aromatic heterocycles. The Morgan fingerprint density at radius 1 is 0.577 bits per heavy atom. The smallest absolute Gasteiger partial charge is 0.119 e. The Balaban J connectivity index is 1.71. The summed E-state index contributed by atoms with van der Waals surface area (Å²) < 4.78 is 12.1. The van der Waals surface area contributed by atoms with Crippen LogP contribution in [-0.2, 0) is 0 Å². The van der Waals surface area contributed by atoms with Crippen LogP contribution in [-0.4, -0.2) is 29.4 Å². The molecule has 3 rings (SSSR count). The van der Waals surface area contributed by atoms with Crippen molar-refractivity contribution < 1.29 is 9.47 Å². The van der Waals surface area contributed by atoms with Crippen LogP contribution in [0.2, 0.25) is 26.2 Å². The first-order chi connectivity index (χ1) is 12.4. The van der Waals surface area contributed by atoms with Gasteiger partial charge in [0, 0.05) is 0 Å². The van der Waals surface area contributed by atoms with Gasteiger partial charge in [-0.1, -0.05) is 74.0 Å². The standard InChI is InChI=1S/C22H28O2Si2/c1-25(2)17-22(16-24-20-13-9-6-10-14-20)26(3,4)18-21(25)15-23-19-11-7-5-8-12-19/h5-14,17-18H,15-16H2,1-4H3. The highest BCUT2D eigenvalue weighted by molar-refractivity contribution is 6.99. The Kier molecular flexibility index (Phi) is 5.53. The molecule has 0 saturated heterocycles. The highest BCUT2D eigenvalue weighted by atomic mass is 28.3. The van der Waals surface area contributed by atoms with E-state index in [1.807, 2.05) is 60.7 Å². The third-order valence-corrected chi connectivity index (χ3v) is 11.6. The summed E-state index contributed by atoms with van der Waals surface area (Å²) in [5.41, 5.74) is 5.09. The van der Waals surface area contributed by atoms with Crippen LogP contribution in [0.5, 0.6) is 11.5 Å². The van der Waals surface area contributed by atoms with E-state index in [0.717, 1.165) is 11.5 Å². The SMILES string of the molecule is C[Si]1(C)C=C(COc2ccccc2)[Si](C)(C)C=C1COc1ccccc1. The first-order valence-corrected chi connectivity index (χ1v) is 15.3. The van der Waals surface area contributed by atoms with Crippen molar-refractivity contribution in [2.24, 2.45) is 0 Å². The molecule has 0 aliphatic carbocycles. The van der Waals surface area contributed by atoms with Gasteiger partial charge in [0.05, 0.1) is 0 Å². The summed E-state index contributed by atoms with van der Waals surface area (Å²) in [7, 11) is -3.27. The molecular weight excluding hydrogens is 352 g/mol. The van der Waals surface area contributed by atoms with Gasteiger partial charge in [-0.05, 0) is 34.7 Å². The van der Waals surface area contributed by atoms with E-state index in [9.17, 15) is 0 Å². The van der Waals surface area contributed by atoms with Gasteiger partial charge in [0.2, 0.25) is 0 Å². The molecule has 0 unspecified atom stereocenters. The lowest BCUT2D eigenvalue weighted by molar-refractivity contribution is 0.355. The second-order valence-electron chi connectivity index (χ2n) is 7.99. The van der Waals surface area contributed by atoms with Gasteiger partial charge in [-0.15, -0.1) is 0 Å². The van der Waals surface area contributed by atoms with E-state index in [-0.39, 0.29) is 0 Å². The molecule has 0 fully saturated rings. The fourth-order valence-electron chi connectivity index (χ4n) is 3.24. The average molecular weight is 381 g/mol. The first-order valence-electron chi connectivity index (χ1n) is 9.17. The zero-order valence-corrected chi connectivity index (χ0v) is 18.2. The number of para-hydroxylation sites is 2. The third kappa shape index (κ3) is 4.56. The Hall–Kier alpha value is -2.05. The quantitative estimate of drug-likeness (QED) is 0.609. The Morgan fingerprint density at radius 2 is 0.923 bits per heavy atom. The summed E-state index contributed by atoms with van der Waals surface area (Å²) >= 11 is 0. The fraction of sp³-hybridized carbons (Fsp3) is 0.273. The van der Waals surface area contributed by atoms with Gasteiger partial charge >= 0.3 is 0 Å². The van der Waals surface area contributed by atoms with E-state index >= 15 is 0 Å². The fourth-order valence-corrected chi connectivity index (χ4v) is 11.5. The molecule has 4 heteroatoms. The van der Waals surface area contributed by atoms with E-state index in [0.29, 0.717) is 13.2 Å². The van der Waals surface area contributed by atoms with Crippen molar-refractivity contribution >= 4 is 16.1 Å². The Labute approximate surface area is 159 Å². The molecule has 0 saturated carbocycles. The summed E-state index contributed by atoms with van der Waals surface area (Å²) in [4.78, 5) is 0. The van der Waals surface area contributed by atoms with Crippen LogP contribution in [0.25, 0.3) is 0 Å². The van der Waals surface area contributed by atoms with Crippen LogP contribution in [0.4, 0.5) is 0 Å². The van der Waals surface area contributed by atoms with Crippen LogP contribution >= 0.6 is 0 Å². The van der Waals surface area contributed by atoms with Gasteiger partial charge in [0.25, 0.3) is 0 Å². The van der Waals surface area contributed by atoms with E-state index in [4.69, 9.17) is 9.47 Å². The highest BCUT2D eigenvalue weighted by Crippen LogP contribution is 2.32. The maximum absolute atomic E-state index is 6.07. The molecule has 0 radical (unpaired) electrons. The molecule has 0 atom stereocenters. The zero-order chi connectivity index (χ0) is 18.6. The molecule has 1 aliphatic rings. The lowest BCUT2D eigenvalue weighted by Gasteiger charge is -2.36. The molecule has 136 valence electrons. The van der Waals surface area contributed by atoms with Gasteiger partial charge in [-0.3, -0.25) is 0 Å². The number of hydrogen-bond acceptors (Lipinski definition) is 2. The molecule has 2 aromatic rings. The second kappa shape index (κ2) is 7.68. The number of benzene rings is 2. The van der Waals surface area contributed by atoms with Crippen molar-refractivity contribution in [1.29, 1.82) is 0 Å². The Bertz CT molecular complexity index is 724. The Morgan fingerprint density at radius 3 is 1.27 bits per heavy atom. The topological polar surface area (TPSA) is 18.5 Å². The normalized spacial score (nSPS) is 17.8. The summed E-state index contributed by atoms with van der Waals surface area (Å²) in [6.45, 7) is 11.0. The average Bonchev–Trinajstić information content (AvgIpc) is 2.62. The van der Waals surface area contributed by atoms with E-state index in [1.54, 1.807) is 0 Å². The molecule has 26 heavy (non-hydrogen) atoms. The largest absolute Gasteiger partial charge is 0.490 e. The summed E-state index contributed by atoms with van der Waals surface area (Å²) in [6.07, 6.45) is 0. The van der Waals surface area contributed by atoms with Crippen molar-refractivity contribution in [3.05, 3.63) is 82.5 Å². The predicted octanol–water partition coefficient (Wildman–Crippen LogP) is 5.58. The highest BCUT2D eigenvalue weighted by Gasteiger charge is 2.36. The summed E-state index contributed by atoms with van der Waals surface area (Å²) in [5, 5.41) is 3.00. The third-order valence-electron chi connectivity index (χ3n) is 5.00. The maximum Gasteiger partial charge on any atom is 0.119 e. The number of hydrogen-bond donors (Lipinski definition) is 0. The molecule has 1 aliphatic heterocycles.